The van der Waals surface area contributed by atoms with Crippen LogP contribution < -0.4 is 10.6 Å². The smallest absolute Gasteiger partial charge is 0.340 e. The number of hydrogen-bond acceptors (Lipinski definition) is 5. The molecule has 0 aliphatic heterocycles. The fraction of sp³-hybridized carbons (Fsp3) is 0.333. The molecule has 0 aliphatic rings. The highest BCUT2D eigenvalue weighted by atomic mass is 16.5. The summed E-state index contributed by atoms with van der Waals surface area (Å²) in [5.74, 6) is -1.36. The maximum atomic E-state index is 12.6. The lowest BCUT2D eigenvalue weighted by atomic mass is 10.1. The summed E-state index contributed by atoms with van der Waals surface area (Å²) in [6.07, 6.45) is 3.00. The van der Waals surface area contributed by atoms with Crippen LogP contribution in [-0.2, 0) is 4.74 Å². The number of nitrogens with zero attached hydrogens (tertiary/aromatic N) is 1. The molecule has 0 unspecified atom stereocenters. The van der Waals surface area contributed by atoms with Gasteiger partial charge in [-0.25, -0.2) is 9.78 Å². The zero-order valence-corrected chi connectivity index (χ0v) is 16.2. The second-order valence-corrected chi connectivity index (χ2v) is 6.09. The van der Waals surface area contributed by atoms with Crippen molar-refractivity contribution in [3.8, 4) is 0 Å². The minimum absolute atomic E-state index is 0.0832. The van der Waals surface area contributed by atoms with E-state index in [1.165, 1.54) is 6.07 Å². The molecule has 148 valence electrons. The van der Waals surface area contributed by atoms with E-state index in [1.54, 1.807) is 43.3 Å². The van der Waals surface area contributed by atoms with Gasteiger partial charge in [-0.05, 0) is 37.6 Å². The maximum Gasteiger partial charge on any atom is 0.340 e. The standard InChI is InChI=1S/C21H25N3O4/c1-3-5-8-14-22-19(25)17-12-9-13-18(23-17)20(26)24-16-11-7-6-10-15(16)21(27)28-4-2/h6-7,9-13H,3-5,8,14H2,1-2H3,(H,22,25)(H,24,26). The number of anilines is 1. The molecule has 2 amide bonds. The first-order valence-electron chi connectivity index (χ1n) is 9.39. The SMILES string of the molecule is CCCCCNC(=O)c1cccc(C(=O)Nc2ccccc2C(=O)OCC)n1. The molecule has 0 spiro atoms. The zero-order chi connectivity index (χ0) is 20.4. The van der Waals surface area contributed by atoms with Gasteiger partial charge in [0.25, 0.3) is 11.8 Å². The van der Waals surface area contributed by atoms with Gasteiger partial charge in [0.2, 0.25) is 0 Å². The molecule has 0 aliphatic carbocycles. The molecule has 28 heavy (non-hydrogen) atoms. The van der Waals surface area contributed by atoms with E-state index < -0.39 is 11.9 Å². The summed E-state index contributed by atoms with van der Waals surface area (Å²) in [6, 6.07) is 11.2. The van der Waals surface area contributed by atoms with Crippen LogP contribution in [0.5, 0.6) is 0 Å². The second-order valence-electron chi connectivity index (χ2n) is 6.09. The molecular weight excluding hydrogens is 358 g/mol. The number of esters is 1. The van der Waals surface area contributed by atoms with E-state index in [1.807, 2.05) is 0 Å². The average molecular weight is 383 g/mol. The Morgan fingerprint density at radius 1 is 0.929 bits per heavy atom. The van der Waals surface area contributed by atoms with Crippen LogP contribution in [0.3, 0.4) is 0 Å². The molecule has 0 saturated heterocycles. The molecule has 7 heteroatoms. The van der Waals surface area contributed by atoms with Crippen LogP contribution in [0.4, 0.5) is 5.69 Å². The van der Waals surface area contributed by atoms with E-state index in [-0.39, 0.29) is 29.5 Å². The number of amides is 2. The third kappa shape index (κ3) is 5.90. The molecule has 0 radical (unpaired) electrons. The number of hydrogen-bond donors (Lipinski definition) is 2. The number of pyridine rings is 1. The number of benzene rings is 1. The van der Waals surface area contributed by atoms with Gasteiger partial charge < -0.3 is 15.4 Å². The summed E-state index contributed by atoms with van der Waals surface area (Å²) in [5.41, 5.74) is 0.826. The molecule has 2 rings (SSSR count). The van der Waals surface area contributed by atoms with Gasteiger partial charge in [0, 0.05) is 6.54 Å². The number of rotatable bonds is 9. The largest absolute Gasteiger partial charge is 0.462 e. The lowest BCUT2D eigenvalue weighted by molar-refractivity contribution is 0.0527. The van der Waals surface area contributed by atoms with Gasteiger partial charge in [-0.15, -0.1) is 0 Å². The van der Waals surface area contributed by atoms with Crippen molar-refractivity contribution in [1.82, 2.24) is 10.3 Å². The molecule has 7 nitrogen and oxygen atoms in total. The van der Waals surface area contributed by atoms with Crippen LogP contribution in [0, 0.1) is 0 Å². The molecule has 0 saturated carbocycles. The first-order chi connectivity index (χ1) is 13.6. The van der Waals surface area contributed by atoms with Crippen LogP contribution in [0.15, 0.2) is 42.5 Å². The summed E-state index contributed by atoms with van der Waals surface area (Å²) in [5, 5.41) is 5.45. The molecule has 1 aromatic carbocycles. The van der Waals surface area contributed by atoms with Crippen molar-refractivity contribution >= 4 is 23.5 Å². The van der Waals surface area contributed by atoms with Crippen LogP contribution >= 0.6 is 0 Å². The number of carbonyl (C=O) groups excluding carboxylic acids is 3. The van der Waals surface area contributed by atoms with Crippen molar-refractivity contribution in [2.45, 2.75) is 33.1 Å². The van der Waals surface area contributed by atoms with E-state index in [0.29, 0.717) is 12.2 Å². The molecule has 0 atom stereocenters. The van der Waals surface area contributed by atoms with Crippen molar-refractivity contribution in [2.75, 3.05) is 18.5 Å². The fourth-order valence-corrected chi connectivity index (χ4v) is 2.52. The predicted molar refractivity (Wildman–Crippen MR) is 106 cm³/mol. The molecule has 1 aromatic heterocycles. The Balaban J connectivity index is 2.09. The van der Waals surface area contributed by atoms with Crippen molar-refractivity contribution in [2.24, 2.45) is 0 Å². The Bertz CT molecular complexity index is 836. The van der Waals surface area contributed by atoms with E-state index >= 15 is 0 Å². The number of aromatic nitrogens is 1. The van der Waals surface area contributed by atoms with Crippen molar-refractivity contribution in [3.63, 3.8) is 0 Å². The number of carbonyl (C=O) groups is 3. The highest BCUT2D eigenvalue weighted by Crippen LogP contribution is 2.17. The lowest BCUT2D eigenvalue weighted by Gasteiger charge is -2.10. The van der Waals surface area contributed by atoms with Crippen LogP contribution in [0.2, 0.25) is 0 Å². The Hall–Kier alpha value is -3.22. The van der Waals surface area contributed by atoms with Gasteiger partial charge in [-0.2, -0.15) is 0 Å². The second kappa shape index (κ2) is 10.8. The summed E-state index contributed by atoms with van der Waals surface area (Å²) >= 11 is 0. The van der Waals surface area contributed by atoms with Crippen LogP contribution in [0.25, 0.3) is 0 Å². The Morgan fingerprint density at radius 3 is 2.36 bits per heavy atom. The molecule has 2 aromatic rings. The van der Waals surface area contributed by atoms with E-state index in [4.69, 9.17) is 4.74 Å². The van der Waals surface area contributed by atoms with Gasteiger partial charge in [-0.3, -0.25) is 9.59 Å². The molecule has 0 bridgehead atoms. The minimum Gasteiger partial charge on any atom is -0.462 e. The first kappa shape index (κ1) is 21.1. The molecule has 2 N–H and O–H groups in total. The zero-order valence-electron chi connectivity index (χ0n) is 16.2. The van der Waals surface area contributed by atoms with Gasteiger partial charge in [-0.1, -0.05) is 38.0 Å². The summed E-state index contributed by atoms with van der Waals surface area (Å²) in [7, 11) is 0. The Morgan fingerprint density at radius 2 is 1.64 bits per heavy atom. The van der Waals surface area contributed by atoms with Gasteiger partial charge in [0.1, 0.15) is 11.4 Å². The predicted octanol–water partition coefficient (Wildman–Crippen LogP) is 3.43. The number of para-hydroxylation sites is 1. The van der Waals surface area contributed by atoms with E-state index in [2.05, 4.69) is 22.5 Å². The van der Waals surface area contributed by atoms with E-state index in [0.717, 1.165) is 19.3 Å². The number of unbranched alkanes of at least 4 members (excludes halogenated alkanes) is 2. The van der Waals surface area contributed by atoms with Crippen molar-refractivity contribution in [3.05, 3.63) is 59.4 Å². The van der Waals surface area contributed by atoms with Gasteiger partial charge in [0.15, 0.2) is 0 Å². The lowest BCUT2D eigenvalue weighted by Crippen LogP contribution is -2.26. The summed E-state index contributed by atoms with van der Waals surface area (Å²) < 4.78 is 5.00. The molecule has 0 fully saturated rings. The van der Waals surface area contributed by atoms with Crippen LogP contribution in [-0.4, -0.2) is 35.9 Å². The quantitative estimate of drug-likeness (QED) is 0.511. The fourth-order valence-electron chi connectivity index (χ4n) is 2.52. The Kier molecular flexibility index (Phi) is 8.14. The monoisotopic (exact) mass is 383 g/mol. The van der Waals surface area contributed by atoms with Crippen LogP contribution in [0.1, 0.15) is 64.4 Å². The summed E-state index contributed by atoms with van der Waals surface area (Å²) in [6.45, 7) is 4.60. The summed E-state index contributed by atoms with van der Waals surface area (Å²) in [4.78, 5) is 40.9. The third-order valence-electron chi connectivity index (χ3n) is 3.95. The van der Waals surface area contributed by atoms with E-state index in [9.17, 15) is 14.4 Å². The third-order valence-corrected chi connectivity index (χ3v) is 3.95. The van der Waals surface area contributed by atoms with Crippen molar-refractivity contribution in [1.29, 1.82) is 0 Å². The first-order valence-corrected chi connectivity index (χ1v) is 9.39. The average Bonchev–Trinajstić information content (AvgIpc) is 2.71. The van der Waals surface area contributed by atoms with Gasteiger partial charge >= 0.3 is 5.97 Å². The maximum absolute atomic E-state index is 12.6. The number of nitrogens with one attached hydrogen (secondary N) is 2. The number of ether oxygens (including phenoxy) is 1. The molecule has 1 heterocycles. The Labute approximate surface area is 164 Å². The topological polar surface area (TPSA) is 97.4 Å². The van der Waals surface area contributed by atoms with Crippen molar-refractivity contribution < 1.29 is 19.1 Å². The molecular formula is C21H25N3O4. The highest BCUT2D eigenvalue weighted by Gasteiger charge is 2.16. The normalized spacial score (nSPS) is 10.2. The van der Waals surface area contributed by atoms with Gasteiger partial charge in [0.05, 0.1) is 17.9 Å². The minimum atomic E-state index is -0.522. The highest BCUT2D eigenvalue weighted by molar-refractivity contribution is 6.07.